The maximum absolute atomic E-state index is 14.1. The quantitative estimate of drug-likeness (QED) is 0.0264. The molecule has 0 saturated carbocycles. The van der Waals surface area contributed by atoms with Gasteiger partial charge in [-0.2, -0.15) is 12.6 Å². The number of carbonyl (C=O) groups excluding carboxylic acids is 8. The van der Waals surface area contributed by atoms with E-state index in [0.29, 0.717) is 37.1 Å². The van der Waals surface area contributed by atoms with Crippen LogP contribution in [0, 0.1) is 0 Å². The number of nitrogens with zero attached hydrogens (tertiary/aromatic N) is 1. The molecule has 362 valence electrons. The summed E-state index contributed by atoms with van der Waals surface area (Å²) in [5.74, 6) is -9.33. The molecule has 1 aliphatic heterocycles. The SMILES string of the molecule is NCCCC[C@H](NC(=O)CNC(=O)[C@H](CCC(N)=O)NC(=O)[C@H](Cc1cnc[nH]1)NC(=O)[C@H](Cc1ccccc1)NC(=O)[C@H](CS)NC(=O)[C@@H]1CCCN1)C(=O)N[C@@H](CCC(=O)O)C(=O)O. The number of nitrogens with one attached hydrogen (secondary N) is 9. The van der Waals surface area contributed by atoms with Crippen molar-refractivity contribution in [2.24, 2.45) is 11.5 Å². The number of aromatic amines is 1. The molecule has 24 nitrogen and oxygen atoms in total. The van der Waals surface area contributed by atoms with Gasteiger partial charge in [-0.05, 0) is 63.6 Å². The molecule has 1 aromatic carbocycles. The van der Waals surface area contributed by atoms with E-state index in [2.05, 4.69) is 65.1 Å². The zero-order valence-corrected chi connectivity index (χ0v) is 37.1. The summed E-state index contributed by atoms with van der Waals surface area (Å²) in [7, 11) is 0. The number of carbonyl (C=O) groups is 10. The first-order valence-electron chi connectivity index (χ1n) is 21.4. The Morgan fingerprint density at radius 1 is 0.727 bits per heavy atom. The third-order valence-electron chi connectivity index (χ3n) is 10.3. The van der Waals surface area contributed by atoms with Crippen LogP contribution in [0.2, 0.25) is 0 Å². The monoisotopic (exact) mass is 944 g/mol. The van der Waals surface area contributed by atoms with E-state index in [1.165, 1.54) is 12.5 Å². The van der Waals surface area contributed by atoms with Gasteiger partial charge < -0.3 is 69.2 Å². The summed E-state index contributed by atoms with van der Waals surface area (Å²) in [6.45, 7) is 0.138. The maximum atomic E-state index is 14.1. The fraction of sp³-hybridized carbons (Fsp3) is 0.537. The molecule has 0 radical (unpaired) electrons. The lowest BCUT2D eigenvalue weighted by Gasteiger charge is -2.26. The second-order valence-corrected chi connectivity index (χ2v) is 15.9. The number of aliphatic carboxylic acids is 2. The van der Waals surface area contributed by atoms with Crippen molar-refractivity contribution >= 4 is 71.8 Å². The first kappa shape index (κ1) is 53.7. The van der Waals surface area contributed by atoms with E-state index in [4.69, 9.17) is 16.6 Å². The topological polar surface area (TPSA) is 388 Å². The number of benzene rings is 1. The predicted octanol–water partition coefficient (Wildman–Crippen LogP) is -3.75. The molecule has 8 amide bonds. The van der Waals surface area contributed by atoms with Gasteiger partial charge in [0.05, 0.1) is 18.9 Å². The second-order valence-electron chi connectivity index (χ2n) is 15.5. The smallest absolute Gasteiger partial charge is 0.326 e. The number of primary amides is 1. The van der Waals surface area contributed by atoms with E-state index >= 15 is 0 Å². The number of nitrogens with two attached hydrogens (primary N) is 2. The maximum Gasteiger partial charge on any atom is 0.326 e. The van der Waals surface area contributed by atoms with Crippen LogP contribution in [0.25, 0.3) is 0 Å². The van der Waals surface area contributed by atoms with Crippen LogP contribution in [0.15, 0.2) is 42.9 Å². The number of rotatable bonds is 30. The van der Waals surface area contributed by atoms with Crippen LogP contribution in [0.3, 0.4) is 0 Å². The molecular weight excluding hydrogens is 885 g/mol. The van der Waals surface area contributed by atoms with Crippen molar-refractivity contribution in [1.29, 1.82) is 0 Å². The molecule has 1 aromatic heterocycles. The molecule has 2 heterocycles. The second kappa shape index (κ2) is 28.3. The van der Waals surface area contributed by atoms with Gasteiger partial charge in [0.1, 0.15) is 36.3 Å². The molecule has 0 spiro atoms. The van der Waals surface area contributed by atoms with Gasteiger partial charge in [-0.15, -0.1) is 0 Å². The number of aromatic nitrogens is 2. The van der Waals surface area contributed by atoms with Gasteiger partial charge >= 0.3 is 11.9 Å². The van der Waals surface area contributed by atoms with Crippen LogP contribution in [-0.2, 0) is 60.8 Å². The molecular formula is C41H60N12O12S. The summed E-state index contributed by atoms with van der Waals surface area (Å²) >= 11 is 4.25. The van der Waals surface area contributed by atoms with E-state index < -0.39 is 127 Å². The normalized spacial score (nSPS) is 15.9. The van der Waals surface area contributed by atoms with Crippen LogP contribution in [0.5, 0.6) is 0 Å². The van der Waals surface area contributed by atoms with E-state index in [1.807, 2.05) is 0 Å². The number of H-pyrrole nitrogens is 1. The molecule has 1 saturated heterocycles. The third kappa shape index (κ3) is 19.2. The lowest BCUT2D eigenvalue weighted by Crippen LogP contribution is -2.60. The molecule has 1 fully saturated rings. The zero-order chi connectivity index (χ0) is 48.6. The Balaban J connectivity index is 1.79. The summed E-state index contributed by atoms with van der Waals surface area (Å²) in [6, 6.07) is -0.0627. The largest absolute Gasteiger partial charge is 0.481 e. The average molecular weight is 945 g/mol. The molecule has 25 heteroatoms. The minimum absolute atomic E-state index is 0.00901. The van der Waals surface area contributed by atoms with Gasteiger partial charge in [0.2, 0.25) is 47.3 Å². The summed E-state index contributed by atoms with van der Waals surface area (Å²) in [6.07, 6.45) is 2.91. The fourth-order valence-electron chi connectivity index (χ4n) is 6.73. The van der Waals surface area contributed by atoms with Crippen molar-refractivity contribution in [2.75, 3.05) is 25.4 Å². The number of thiol groups is 1. The Kier molecular flexibility index (Phi) is 23.1. The van der Waals surface area contributed by atoms with Gasteiger partial charge in [-0.1, -0.05) is 30.3 Å². The van der Waals surface area contributed by atoms with Gasteiger partial charge in [-0.3, -0.25) is 43.2 Å². The lowest BCUT2D eigenvalue weighted by molar-refractivity contribution is -0.143. The highest BCUT2D eigenvalue weighted by atomic mass is 32.1. The van der Waals surface area contributed by atoms with Gasteiger partial charge in [0.25, 0.3) is 0 Å². The van der Waals surface area contributed by atoms with E-state index in [1.54, 1.807) is 30.3 Å². The zero-order valence-electron chi connectivity index (χ0n) is 36.2. The minimum Gasteiger partial charge on any atom is -0.481 e. The summed E-state index contributed by atoms with van der Waals surface area (Å²) in [4.78, 5) is 136. The molecule has 2 aromatic rings. The van der Waals surface area contributed by atoms with Crippen molar-refractivity contribution < 1.29 is 58.2 Å². The molecule has 7 atom stereocenters. The number of amides is 8. The Labute approximate surface area is 385 Å². The molecule has 0 aliphatic carbocycles. The Morgan fingerprint density at radius 2 is 1.33 bits per heavy atom. The van der Waals surface area contributed by atoms with E-state index in [-0.39, 0.29) is 38.0 Å². The van der Waals surface area contributed by atoms with Crippen molar-refractivity contribution in [3.63, 3.8) is 0 Å². The predicted molar refractivity (Wildman–Crippen MR) is 238 cm³/mol. The Morgan fingerprint density at radius 3 is 1.91 bits per heavy atom. The molecule has 3 rings (SSSR count). The van der Waals surface area contributed by atoms with Crippen LogP contribution >= 0.6 is 12.6 Å². The number of hydrogen-bond acceptors (Lipinski definition) is 14. The lowest BCUT2D eigenvalue weighted by atomic mass is 10.0. The highest BCUT2D eigenvalue weighted by Crippen LogP contribution is 2.10. The molecule has 1 aliphatic rings. The number of hydrogen-bond donors (Lipinski definition) is 14. The average Bonchev–Trinajstić information content (AvgIpc) is 4.02. The van der Waals surface area contributed by atoms with Crippen LogP contribution in [0.4, 0.5) is 0 Å². The highest BCUT2D eigenvalue weighted by molar-refractivity contribution is 7.80. The first-order valence-corrected chi connectivity index (χ1v) is 22.0. The van der Waals surface area contributed by atoms with Gasteiger partial charge in [0, 0.05) is 43.3 Å². The van der Waals surface area contributed by atoms with E-state index in [0.717, 1.165) is 6.42 Å². The Hall–Kier alpha value is -6.60. The standard InChI is InChI=1S/C41H60N12O12S/c42-15-5-4-9-26(37(60)50-28(41(64)65)12-14-34(56)57)48-33(55)20-46-35(58)27(11-13-32(43)54)49-39(62)30(18-24-19-44-22-47-24)52-38(61)29(17-23-7-2-1-3-8-23)51-40(63)31(21-66)53-36(59)25-10-6-16-45-25/h1-3,7-8,19,22,25-31,45,66H,4-6,9-18,20-21,42H2,(H2,43,54)(H,44,47)(H,46,58)(H,48,55)(H,49,62)(H,50,60)(H,51,63)(H,52,61)(H,53,59)(H,56,57)(H,64,65)/t25-,26-,27-,28-,29-,30-,31-/m0/s1. The number of imidazole rings is 1. The molecule has 0 unspecified atom stereocenters. The summed E-state index contributed by atoms with van der Waals surface area (Å²) < 4.78 is 0. The number of carboxylic acids is 2. The van der Waals surface area contributed by atoms with Crippen LogP contribution in [-0.4, -0.2) is 147 Å². The highest BCUT2D eigenvalue weighted by Gasteiger charge is 2.34. The van der Waals surface area contributed by atoms with Crippen molar-refractivity contribution in [2.45, 2.75) is 113 Å². The molecule has 15 N–H and O–H groups in total. The Bertz CT molecular complexity index is 1970. The van der Waals surface area contributed by atoms with Gasteiger partial charge in [-0.25, -0.2) is 9.78 Å². The number of carboxylic acid groups (broad SMARTS) is 2. The van der Waals surface area contributed by atoms with Crippen molar-refractivity contribution in [3.05, 3.63) is 54.1 Å². The van der Waals surface area contributed by atoms with Crippen LogP contribution in [0.1, 0.15) is 69.0 Å². The minimum atomic E-state index is -1.57. The van der Waals surface area contributed by atoms with Gasteiger partial charge in [0.15, 0.2) is 0 Å². The van der Waals surface area contributed by atoms with Crippen molar-refractivity contribution in [3.8, 4) is 0 Å². The molecule has 66 heavy (non-hydrogen) atoms. The van der Waals surface area contributed by atoms with Crippen molar-refractivity contribution in [1.82, 2.24) is 52.5 Å². The summed E-state index contributed by atoms with van der Waals surface area (Å²) in [5, 5.41) is 39.0. The van der Waals surface area contributed by atoms with Crippen LogP contribution < -0.4 is 54.0 Å². The van der Waals surface area contributed by atoms with E-state index in [9.17, 15) is 53.1 Å². The number of unbranched alkanes of at least 4 members (excludes halogenated alkanes) is 1. The fourth-order valence-corrected chi connectivity index (χ4v) is 6.98. The molecule has 0 bridgehead atoms. The third-order valence-corrected chi connectivity index (χ3v) is 10.7. The summed E-state index contributed by atoms with van der Waals surface area (Å²) in [5.41, 5.74) is 12.0. The first-order chi connectivity index (χ1) is 31.5.